The fourth-order valence-electron chi connectivity index (χ4n) is 3.23. The number of anilines is 1. The molecule has 2 N–H and O–H groups in total. The number of aromatic nitrogens is 3. The molecule has 9 nitrogen and oxygen atoms in total. The van der Waals surface area contributed by atoms with Crippen molar-refractivity contribution in [3.8, 4) is 0 Å². The Labute approximate surface area is 208 Å². The highest BCUT2D eigenvalue weighted by atomic mass is 32.2. The molecule has 3 aromatic rings. The third kappa shape index (κ3) is 6.58. The van der Waals surface area contributed by atoms with Gasteiger partial charge in [0, 0.05) is 12.2 Å². The maximum atomic E-state index is 12.9. The van der Waals surface area contributed by atoms with Crippen molar-refractivity contribution in [1.29, 1.82) is 0 Å². The molecule has 1 amide bonds. The Balaban J connectivity index is 1.80. The number of carbonyl (C=O) groups excluding carboxylic acids is 1. The Kier molecular flexibility index (Phi) is 8.47. The van der Waals surface area contributed by atoms with E-state index in [1.165, 1.54) is 12.1 Å². The highest BCUT2D eigenvalue weighted by Gasteiger charge is 2.25. The molecule has 0 spiro atoms. The number of carboxylic acids is 1. The highest BCUT2D eigenvalue weighted by molar-refractivity contribution is 8.00. The van der Waals surface area contributed by atoms with E-state index in [9.17, 15) is 18.0 Å². The van der Waals surface area contributed by atoms with Gasteiger partial charge in [-0.2, -0.15) is 0 Å². The van der Waals surface area contributed by atoms with Crippen LogP contribution in [0.3, 0.4) is 0 Å². The quantitative estimate of drug-likeness (QED) is 0.290. The molecular formula is C24H26N4O5S2. The van der Waals surface area contributed by atoms with Gasteiger partial charge in [0.1, 0.15) is 11.6 Å². The molecule has 0 radical (unpaired) electrons. The standard InChI is InChI=1S/C24H26N4O5S2/c1-4-13-28-21(15-35(32,33)19-11-9-16(3)10-12-19)26-27-24(28)34-20(5-2)22(29)25-18-8-6-7-17(14-18)23(30)31/h4,6-12,14,20H,1,5,13,15H2,2-3H3,(H,25,29)(H,30,31). The number of allylic oxidation sites excluding steroid dienone is 1. The van der Waals surface area contributed by atoms with E-state index in [2.05, 4.69) is 22.1 Å². The first-order valence-electron chi connectivity index (χ1n) is 10.8. The third-order valence-corrected chi connectivity index (χ3v) is 8.07. The summed E-state index contributed by atoms with van der Waals surface area (Å²) < 4.78 is 27.5. The van der Waals surface area contributed by atoms with Gasteiger partial charge in [0.15, 0.2) is 15.0 Å². The lowest BCUT2D eigenvalue weighted by Gasteiger charge is -2.15. The average molecular weight is 515 g/mol. The molecule has 1 heterocycles. The number of sulfone groups is 1. The lowest BCUT2D eigenvalue weighted by atomic mass is 10.2. The van der Waals surface area contributed by atoms with Crippen LogP contribution >= 0.6 is 11.8 Å². The topological polar surface area (TPSA) is 131 Å². The summed E-state index contributed by atoms with van der Waals surface area (Å²) in [6.07, 6.45) is 2.06. The Hall–Kier alpha value is -3.44. The number of hydrogen-bond donors (Lipinski definition) is 2. The second-order valence-electron chi connectivity index (χ2n) is 7.76. The van der Waals surface area contributed by atoms with Gasteiger partial charge < -0.3 is 15.0 Å². The number of thioether (sulfide) groups is 1. The number of nitrogens with one attached hydrogen (secondary N) is 1. The van der Waals surface area contributed by atoms with Crippen LogP contribution in [0.25, 0.3) is 0 Å². The molecule has 0 aliphatic carbocycles. The maximum Gasteiger partial charge on any atom is 0.335 e. The van der Waals surface area contributed by atoms with Crippen LogP contribution in [-0.2, 0) is 26.9 Å². The minimum atomic E-state index is -3.65. The fraction of sp³-hybridized carbons (Fsp3) is 0.250. The number of rotatable bonds is 11. The number of carbonyl (C=O) groups is 2. The van der Waals surface area contributed by atoms with Crippen LogP contribution in [0.4, 0.5) is 5.69 Å². The summed E-state index contributed by atoms with van der Waals surface area (Å²) in [6, 6.07) is 12.6. The number of aromatic carboxylic acids is 1. The van der Waals surface area contributed by atoms with Crippen molar-refractivity contribution in [2.24, 2.45) is 0 Å². The van der Waals surface area contributed by atoms with E-state index in [0.29, 0.717) is 17.3 Å². The van der Waals surface area contributed by atoms with E-state index in [-0.39, 0.29) is 34.5 Å². The van der Waals surface area contributed by atoms with E-state index in [4.69, 9.17) is 5.11 Å². The second kappa shape index (κ2) is 11.3. The molecule has 0 bridgehead atoms. The zero-order valence-corrected chi connectivity index (χ0v) is 21.0. The van der Waals surface area contributed by atoms with Crippen molar-refractivity contribution in [2.45, 2.75) is 47.9 Å². The lowest BCUT2D eigenvalue weighted by molar-refractivity contribution is -0.115. The van der Waals surface area contributed by atoms with Crippen LogP contribution in [0.15, 0.2) is 71.2 Å². The lowest BCUT2D eigenvalue weighted by Crippen LogP contribution is -2.25. The molecular weight excluding hydrogens is 488 g/mol. The molecule has 184 valence electrons. The van der Waals surface area contributed by atoms with Crippen molar-refractivity contribution < 1.29 is 23.1 Å². The van der Waals surface area contributed by atoms with Crippen molar-refractivity contribution in [1.82, 2.24) is 14.8 Å². The molecule has 1 aromatic heterocycles. The first-order chi connectivity index (χ1) is 16.6. The predicted molar refractivity (Wildman–Crippen MR) is 134 cm³/mol. The second-order valence-corrected chi connectivity index (χ2v) is 10.9. The van der Waals surface area contributed by atoms with E-state index in [1.807, 2.05) is 13.8 Å². The van der Waals surface area contributed by atoms with Gasteiger partial charge >= 0.3 is 5.97 Å². The van der Waals surface area contributed by atoms with Crippen LogP contribution in [0.2, 0.25) is 0 Å². The molecule has 2 aromatic carbocycles. The van der Waals surface area contributed by atoms with Crippen molar-refractivity contribution >= 4 is 39.2 Å². The number of benzene rings is 2. The van der Waals surface area contributed by atoms with Gasteiger partial charge in [-0.3, -0.25) is 4.79 Å². The highest BCUT2D eigenvalue weighted by Crippen LogP contribution is 2.27. The SMILES string of the molecule is C=CCn1c(CS(=O)(=O)c2ccc(C)cc2)nnc1SC(CC)C(=O)Nc1cccc(C(=O)O)c1. The molecule has 0 aliphatic rings. The largest absolute Gasteiger partial charge is 0.478 e. The number of carboxylic acid groups (broad SMARTS) is 1. The van der Waals surface area contributed by atoms with Gasteiger partial charge in [-0.1, -0.05) is 48.5 Å². The number of hydrogen-bond acceptors (Lipinski definition) is 7. The summed E-state index contributed by atoms with van der Waals surface area (Å²) in [5.74, 6) is -1.52. The molecule has 35 heavy (non-hydrogen) atoms. The fourth-order valence-corrected chi connectivity index (χ4v) is 5.48. The number of amides is 1. The van der Waals surface area contributed by atoms with Gasteiger partial charge in [-0.15, -0.1) is 16.8 Å². The first-order valence-corrected chi connectivity index (χ1v) is 13.3. The summed E-state index contributed by atoms with van der Waals surface area (Å²) >= 11 is 1.16. The van der Waals surface area contributed by atoms with E-state index in [0.717, 1.165) is 17.3 Å². The van der Waals surface area contributed by atoms with E-state index in [1.54, 1.807) is 47.0 Å². The minimum Gasteiger partial charge on any atom is -0.478 e. The van der Waals surface area contributed by atoms with Gasteiger partial charge in [-0.05, 0) is 43.7 Å². The summed E-state index contributed by atoms with van der Waals surface area (Å²) in [6.45, 7) is 7.72. The van der Waals surface area contributed by atoms with Crippen LogP contribution in [0.5, 0.6) is 0 Å². The normalized spacial score (nSPS) is 12.2. The van der Waals surface area contributed by atoms with E-state index < -0.39 is 21.1 Å². The maximum absolute atomic E-state index is 12.9. The molecule has 3 rings (SSSR count). The van der Waals surface area contributed by atoms with Crippen LogP contribution < -0.4 is 5.32 Å². The third-order valence-electron chi connectivity index (χ3n) is 5.09. The molecule has 0 saturated carbocycles. The van der Waals surface area contributed by atoms with Gasteiger partial charge in [0.05, 0.1) is 15.7 Å². The Morgan fingerprint density at radius 2 is 1.91 bits per heavy atom. The zero-order valence-electron chi connectivity index (χ0n) is 19.3. The Morgan fingerprint density at radius 1 is 1.20 bits per heavy atom. The Bertz CT molecular complexity index is 1330. The van der Waals surface area contributed by atoms with Crippen molar-refractivity contribution in [3.05, 3.63) is 78.1 Å². The molecule has 0 aliphatic heterocycles. The molecule has 0 fully saturated rings. The van der Waals surface area contributed by atoms with Gasteiger partial charge in [0.2, 0.25) is 5.91 Å². The molecule has 11 heteroatoms. The van der Waals surface area contributed by atoms with Crippen LogP contribution in [0, 0.1) is 6.92 Å². The van der Waals surface area contributed by atoms with Gasteiger partial charge in [0.25, 0.3) is 0 Å². The van der Waals surface area contributed by atoms with E-state index >= 15 is 0 Å². The Morgan fingerprint density at radius 3 is 2.54 bits per heavy atom. The molecule has 1 unspecified atom stereocenters. The summed E-state index contributed by atoms with van der Waals surface area (Å²) in [7, 11) is -3.65. The zero-order chi connectivity index (χ0) is 25.6. The summed E-state index contributed by atoms with van der Waals surface area (Å²) in [5.41, 5.74) is 1.39. The van der Waals surface area contributed by atoms with Crippen molar-refractivity contribution in [2.75, 3.05) is 5.32 Å². The average Bonchev–Trinajstić information content (AvgIpc) is 3.18. The number of aryl methyl sites for hydroxylation is 1. The first kappa shape index (κ1) is 26.2. The van der Waals surface area contributed by atoms with Gasteiger partial charge in [-0.25, -0.2) is 13.2 Å². The van der Waals surface area contributed by atoms with Crippen molar-refractivity contribution in [3.63, 3.8) is 0 Å². The summed E-state index contributed by atoms with van der Waals surface area (Å²) in [5, 5.41) is 19.9. The smallest absolute Gasteiger partial charge is 0.335 e. The monoisotopic (exact) mass is 514 g/mol. The minimum absolute atomic E-state index is 0.0636. The number of nitrogens with zero attached hydrogens (tertiary/aromatic N) is 3. The van der Waals surface area contributed by atoms with Crippen LogP contribution in [0.1, 0.15) is 35.1 Å². The summed E-state index contributed by atoms with van der Waals surface area (Å²) in [4.78, 5) is 24.3. The molecule has 0 saturated heterocycles. The molecule has 1 atom stereocenters. The predicted octanol–water partition coefficient (Wildman–Crippen LogP) is 3.95. The van der Waals surface area contributed by atoms with Crippen LogP contribution in [-0.4, -0.2) is 45.4 Å².